The van der Waals surface area contributed by atoms with Gasteiger partial charge in [0.25, 0.3) is 0 Å². The van der Waals surface area contributed by atoms with Crippen LogP contribution >= 0.6 is 11.5 Å². The van der Waals surface area contributed by atoms with Gasteiger partial charge in [0.2, 0.25) is 0 Å². The van der Waals surface area contributed by atoms with Crippen LogP contribution in [0.2, 0.25) is 0 Å². The highest BCUT2D eigenvalue weighted by Crippen LogP contribution is 2.24. The minimum absolute atomic E-state index is 0.141. The van der Waals surface area contributed by atoms with Gasteiger partial charge in [0.05, 0.1) is 16.6 Å². The average molecular weight is 186 g/mol. The second-order valence-electron chi connectivity index (χ2n) is 3.07. The topological polar surface area (TPSA) is 63.8 Å². The lowest BCUT2D eigenvalue weighted by Gasteiger charge is -2.09. The first-order valence-electron chi connectivity index (χ1n) is 3.95. The van der Waals surface area contributed by atoms with Crippen molar-refractivity contribution >= 4 is 11.5 Å². The molecule has 0 amide bonds. The van der Waals surface area contributed by atoms with Gasteiger partial charge in [0.15, 0.2) is 0 Å². The van der Waals surface area contributed by atoms with Crippen LogP contribution in [-0.4, -0.2) is 9.59 Å². The number of nitrogens with one attached hydrogen (secondary N) is 1. The van der Waals surface area contributed by atoms with E-state index >= 15 is 0 Å². The molecule has 0 saturated heterocycles. The van der Waals surface area contributed by atoms with Gasteiger partial charge in [-0.25, -0.2) is 0 Å². The summed E-state index contributed by atoms with van der Waals surface area (Å²) in [6.07, 6.45) is 0. The smallest absolute Gasteiger partial charge is 0.0829 e. The lowest BCUT2D eigenvalue weighted by Crippen LogP contribution is -2.25. The molecular weight excluding hydrogens is 172 g/mol. The summed E-state index contributed by atoms with van der Waals surface area (Å²) in [6, 6.07) is 0.141. The predicted octanol–water partition coefficient (Wildman–Crippen LogP) is 1.19. The number of nitrogens with zero attached hydrogens (tertiary/aromatic N) is 2. The van der Waals surface area contributed by atoms with Crippen LogP contribution in [0.4, 0.5) is 0 Å². The van der Waals surface area contributed by atoms with Gasteiger partial charge < -0.3 is 0 Å². The molecule has 0 fully saturated rings. The highest BCUT2D eigenvalue weighted by atomic mass is 32.1. The summed E-state index contributed by atoms with van der Waals surface area (Å²) in [6.45, 7) is 6.20. The highest BCUT2D eigenvalue weighted by Gasteiger charge is 2.15. The predicted molar refractivity (Wildman–Crippen MR) is 49.7 cm³/mol. The summed E-state index contributed by atoms with van der Waals surface area (Å²) in [4.78, 5) is 1.13. The molecule has 0 bridgehead atoms. The van der Waals surface area contributed by atoms with Crippen LogP contribution in [0.5, 0.6) is 0 Å². The molecule has 0 aromatic carbocycles. The molecule has 0 aliphatic carbocycles. The summed E-state index contributed by atoms with van der Waals surface area (Å²) in [5.74, 6) is 5.75. The van der Waals surface area contributed by atoms with Crippen LogP contribution in [0.3, 0.4) is 0 Å². The molecule has 3 N–H and O–H groups in total. The van der Waals surface area contributed by atoms with Gasteiger partial charge in [0.1, 0.15) is 0 Å². The van der Waals surface area contributed by atoms with Crippen molar-refractivity contribution < 1.29 is 0 Å². The van der Waals surface area contributed by atoms with Gasteiger partial charge in [-0.1, -0.05) is 18.3 Å². The molecule has 1 aromatic rings. The van der Waals surface area contributed by atoms with Crippen molar-refractivity contribution in [2.24, 2.45) is 5.84 Å². The van der Waals surface area contributed by atoms with Crippen molar-refractivity contribution in [2.45, 2.75) is 32.7 Å². The molecule has 0 aliphatic rings. The summed E-state index contributed by atoms with van der Waals surface area (Å²) in [5.41, 5.74) is 3.74. The standard InChI is InChI=1S/C7H14N4S/c1-4(2)6-7(5(3)9-8)12-11-10-6/h4-5,9H,8H2,1-3H3. The van der Waals surface area contributed by atoms with E-state index < -0.39 is 0 Å². The van der Waals surface area contributed by atoms with Crippen molar-refractivity contribution in [2.75, 3.05) is 0 Å². The van der Waals surface area contributed by atoms with Crippen molar-refractivity contribution in [1.82, 2.24) is 15.0 Å². The summed E-state index contributed by atoms with van der Waals surface area (Å²) < 4.78 is 3.91. The van der Waals surface area contributed by atoms with Crippen LogP contribution < -0.4 is 11.3 Å². The summed E-state index contributed by atoms with van der Waals surface area (Å²) >= 11 is 1.41. The Labute approximate surface area is 76.3 Å². The van der Waals surface area contributed by atoms with E-state index in [4.69, 9.17) is 5.84 Å². The maximum Gasteiger partial charge on any atom is 0.0829 e. The van der Waals surface area contributed by atoms with E-state index in [1.807, 2.05) is 6.92 Å². The molecule has 1 atom stereocenters. The van der Waals surface area contributed by atoms with E-state index in [-0.39, 0.29) is 6.04 Å². The molecule has 0 aliphatic heterocycles. The Kier molecular flexibility index (Phi) is 3.13. The maximum atomic E-state index is 5.33. The molecule has 12 heavy (non-hydrogen) atoms. The molecule has 0 saturated carbocycles. The molecule has 4 nitrogen and oxygen atoms in total. The van der Waals surface area contributed by atoms with Gasteiger partial charge in [-0.3, -0.25) is 11.3 Å². The zero-order chi connectivity index (χ0) is 9.14. The second kappa shape index (κ2) is 3.93. The number of hydrogen-bond donors (Lipinski definition) is 2. The number of aromatic nitrogens is 2. The highest BCUT2D eigenvalue weighted by molar-refractivity contribution is 7.05. The lowest BCUT2D eigenvalue weighted by atomic mass is 10.1. The van der Waals surface area contributed by atoms with Crippen LogP contribution in [0.25, 0.3) is 0 Å². The fourth-order valence-corrected chi connectivity index (χ4v) is 1.79. The lowest BCUT2D eigenvalue weighted by molar-refractivity contribution is 0.599. The number of rotatable bonds is 3. The number of hydrazine groups is 1. The third-order valence-corrected chi connectivity index (χ3v) is 2.65. The van der Waals surface area contributed by atoms with Crippen LogP contribution in [0.15, 0.2) is 0 Å². The van der Waals surface area contributed by atoms with Crippen LogP contribution in [0, 0.1) is 0 Å². The normalized spacial score (nSPS) is 13.8. The van der Waals surface area contributed by atoms with E-state index in [0.717, 1.165) is 10.6 Å². The Hall–Kier alpha value is -0.520. The minimum Gasteiger partial charge on any atom is -0.271 e. The SMILES string of the molecule is CC(C)c1nnsc1C(C)NN. The van der Waals surface area contributed by atoms with Crippen molar-refractivity contribution in [3.63, 3.8) is 0 Å². The first-order valence-corrected chi connectivity index (χ1v) is 4.72. The van der Waals surface area contributed by atoms with E-state index in [2.05, 4.69) is 28.9 Å². The largest absolute Gasteiger partial charge is 0.271 e. The van der Waals surface area contributed by atoms with Gasteiger partial charge in [-0.15, -0.1) is 5.10 Å². The molecule has 1 aromatic heterocycles. The van der Waals surface area contributed by atoms with Gasteiger partial charge >= 0.3 is 0 Å². The first-order chi connectivity index (χ1) is 5.66. The minimum atomic E-state index is 0.141. The fourth-order valence-electron chi connectivity index (χ4n) is 0.981. The Morgan fingerprint density at radius 3 is 2.58 bits per heavy atom. The third kappa shape index (κ3) is 1.80. The molecule has 1 heterocycles. The van der Waals surface area contributed by atoms with Crippen LogP contribution in [-0.2, 0) is 0 Å². The zero-order valence-electron chi connectivity index (χ0n) is 7.53. The monoisotopic (exact) mass is 186 g/mol. The van der Waals surface area contributed by atoms with E-state index in [1.54, 1.807) is 0 Å². The number of hydrogen-bond acceptors (Lipinski definition) is 5. The fraction of sp³-hybridized carbons (Fsp3) is 0.714. The van der Waals surface area contributed by atoms with Crippen molar-refractivity contribution in [1.29, 1.82) is 0 Å². The Morgan fingerprint density at radius 2 is 2.08 bits per heavy atom. The van der Waals surface area contributed by atoms with Crippen LogP contribution in [0.1, 0.15) is 43.3 Å². The summed E-state index contributed by atoms with van der Waals surface area (Å²) in [5, 5.41) is 4.06. The molecule has 1 rings (SSSR count). The molecule has 1 unspecified atom stereocenters. The van der Waals surface area contributed by atoms with Crippen molar-refractivity contribution in [3.8, 4) is 0 Å². The maximum absolute atomic E-state index is 5.33. The van der Waals surface area contributed by atoms with E-state index in [0.29, 0.717) is 5.92 Å². The van der Waals surface area contributed by atoms with Gasteiger partial charge in [-0.05, 0) is 24.4 Å². The first kappa shape index (κ1) is 9.57. The average Bonchev–Trinajstić information content (AvgIpc) is 2.50. The van der Waals surface area contributed by atoms with Gasteiger partial charge in [0, 0.05) is 0 Å². The Balaban J connectivity index is 2.91. The molecule has 5 heteroatoms. The van der Waals surface area contributed by atoms with Crippen molar-refractivity contribution in [3.05, 3.63) is 10.6 Å². The van der Waals surface area contributed by atoms with E-state index in [1.165, 1.54) is 11.5 Å². The Bertz CT molecular complexity index is 245. The van der Waals surface area contributed by atoms with Gasteiger partial charge in [-0.2, -0.15) is 0 Å². The third-order valence-electron chi connectivity index (χ3n) is 1.73. The second-order valence-corrected chi connectivity index (χ2v) is 3.85. The molecule has 68 valence electrons. The number of nitrogens with two attached hydrogens (primary N) is 1. The van der Waals surface area contributed by atoms with E-state index in [9.17, 15) is 0 Å². The Morgan fingerprint density at radius 1 is 1.42 bits per heavy atom. The molecular formula is C7H14N4S. The molecule has 0 radical (unpaired) electrons. The summed E-state index contributed by atoms with van der Waals surface area (Å²) in [7, 11) is 0. The molecule has 0 spiro atoms. The quantitative estimate of drug-likeness (QED) is 0.549. The zero-order valence-corrected chi connectivity index (χ0v) is 8.35.